The molecule has 0 saturated heterocycles. The molecule has 1 N–H and O–H groups in total. The van der Waals surface area contributed by atoms with E-state index in [-0.39, 0.29) is 5.78 Å². The lowest BCUT2D eigenvalue weighted by molar-refractivity contribution is 0.0893. The van der Waals surface area contributed by atoms with Crippen LogP contribution in [0.2, 0.25) is 0 Å². The lowest BCUT2D eigenvalue weighted by Gasteiger charge is -2.17. The van der Waals surface area contributed by atoms with Gasteiger partial charge in [0.2, 0.25) is 0 Å². The van der Waals surface area contributed by atoms with Gasteiger partial charge in [-0.25, -0.2) is 0 Å². The molecule has 0 fully saturated rings. The number of aliphatic hydroxyl groups excluding tert-OH is 1. The third-order valence-electron chi connectivity index (χ3n) is 2.22. The van der Waals surface area contributed by atoms with Crippen LogP contribution in [0.1, 0.15) is 17.4 Å². The Kier molecular flexibility index (Phi) is 4.05. The van der Waals surface area contributed by atoms with E-state index in [4.69, 9.17) is 5.11 Å². The topological polar surface area (TPSA) is 45.5 Å². The van der Waals surface area contributed by atoms with Crippen LogP contribution in [0.15, 0.2) is 18.3 Å². The maximum atomic E-state index is 11.8. The molecule has 0 bridgehead atoms. The standard InChI is InChI=1S/C11H18N2O2/c1-9(14)7-12(2)8-11(15)10-5-4-6-13(10)3/h4-6,9,14H,7-8H2,1-3H3. The fourth-order valence-corrected chi connectivity index (χ4v) is 1.59. The summed E-state index contributed by atoms with van der Waals surface area (Å²) < 4.78 is 1.80. The van der Waals surface area contributed by atoms with E-state index in [0.29, 0.717) is 18.8 Å². The van der Waals surface area contributed by atoms with Crippen molar-refractivity contribution in [2.24, 2.45) is 7.05 Å². The van der Waals surface area contributed by atoms with Crippen LogP contribution in [0.4, 0.5) is 0 Å². The van der Waals surface area contributed by atoms with E-state index in [1.165, 1.54) is 0 Å². The number of likely N-dealkylation sites (N-methyl/N-ethyl adjacent to an activating group) is 1. The molecule has 4 heteroatoms. The average Bonchev–Trinajstić information content (AvgIpc) is 2.49. The highest BCUT2D eigenvalue weighted by atomic mass is 16.3. The number of aromatic nitrogens is 1. The molecule has 0 aliphatic heterocycles. The third-order valence-corrected chi connectivity index (χ3v) is 2.22. The molecular weight excluding hydrogens is 192 g/mol. The van der Waals surface area contributed by atoms with Gasteiger partial charge in [0.1, 0.15) is 0 Å². The molecule has 0 saturated carbocycles. The second kappa shape index (κ2) is 5.09. The molecular formula is C11H18N2O2. The van der Waals surface area contributed by atoms with E-state index in [0.717, 1.165) is 0 Å². The largest absolute Gasteiger partial charge is 0.392 e. The van der Waals surface area contributed by atoms with E-state index in [1.807, 2.05) is 31.3 Å². The summed E-state index contributed by atoms with van der Waals surface area (Å²) in [4.78, 5) is 13.6. The van der Waals surface area contributed by atoms with Crippen LogP contribution in [0.3, 0.4) is 0 Å². The summed E-state index contributed by atoms with van der Waals surface area (Å²) >= 11 is 0. The molecule has 0 spiro atoms. The first-order valence-corrected chi connectivity index (χ1v) is 5.02. The number of aliphatic hydroxyl groups is 1. The smallest absolute Gasteiger partial charge is 0.193 e. The van der Waals surface area contributed by atoms with Crippen molar-refractivity contribution in [2.45, 2.75) is 13.0 Å². The maximum absolute atomic E-state index is 11.8. The third kappa shape index (κ3) is 3.49. The summed E-state index contributed by atoms with van der Waals surface area (Å²) in [6.07, 6.45) is 1.44. The van der Waals surface area contributed by atoms with Gasteiger partial charge in [-0.05, 0) is 26.1 Å². The highest BCUT2D eigenvalue weighted by Gasteiger charge is 2.12. The second-order valence-electron chi connectivity index (χ2n) is 3.97. The number of carbonyl (C=O) groups excluding carboxylic acids is 1. The lowest BCUT2D eigenvalue weighted by Crippen LogP contribution is -2.32. The van der Waals surface area contributed by atoms with Crippen molar-refractivity contribution in [3.05, 3.63) is 24.0 Å². The normalized spacial score (nSPS) is 13.1. The number of rotatable bonds is 5. The molecule has 1 aromatic heterocycles. The first-order chi connectivity index (χ1) is 7.00. The molecule has 0 amide bonds. The Morgan fingerprint density at radius 3 is 2.80 bits per heavy atom. The Balaban J connectivity index is 2.53. The Morgan fingerprint density at radius 1 is 1.67 bits per heavy atom. The zero-order valence-corrected chi connectivity index (χ0v) is 9.47. The summed E-state index contributed by atoms with van der Waals surface area (Å²) in [5.74, 6) is 0.0747. The number of hydrogen-bond donors (Lipinski definition) is 1. The van der Waals surface area contributed by atoms with Crippen molar-refractivity contribution in [1.82, 2.24) is 9.47 Å². The Hall–Kier alpha value is -1.13. The van der Waals surface area contributed by atoms with Crippen molar-refractivity contribution in [1.29, 1.82) is 0 Å². The Bertz CT molecular complexity index is 331. The molecule has 4 nitrogen and oxygen atoms in total. The van der Waals surface area contributed by atoms with Gasteiger partial charge in [0.05, 0.1) is 18.3 Å². The van der Waals surface area contributed by atoms with Gasteiger partial charge in [-0.1, -0.05) is 0 Å². The van der Waals surface area contributed by atoms with Crippen LogP contribution in [0, 0.1) is 0 Å². The SMILES string of the molecule is CC(O)CN(C)CC(=O)c1cccn1C. The molecule has 1 rings (SSSR count). The van der Waals surface area contributed by atoms with Crippen molar-refractivity contribution in [3.8, 4) is 0 Å². The maximum Gasteiger partial charge on any atom is 0.193 e. The summed E-state index contributed by atoms with van der Waals surface area (Å²) in [7, 11) is 3.68. The first-order valence-electron chi connectivity index (χ1n) is 5.02. The number of aryl methyl sites for hydroxylation is 1. The van der Waals surface area contributed by atoms with Crippen molar-refractivity contribution in [3.63, 3.8) is 0 Å². The van der Waals surface area contributed by atoms with Crippen LogP contribution >= 0.6 is 0 Å². The van der Waals surface area contributed by atoms with E-state index in [2.05, 4.69) is 0 Å². The van der Waals surface area contributed by atoms with Crippen LogP contribution in [-0.4, -0.2) is 46.6 Å². The van der Waals surface area contributed by atoms with Crippen molar-refractivity contribution >= 4 is 5.78 Å². The van der Waals surface area contributed by atoms with E-state index >= 15 is 0 Å². The minimum absolute atomic E-state index is 0.0747. The summed E-state index contributed by atoms with van der Waals surface area (Å²) in [5, 5.41) is 9.16. The van der Waals surface area contributed by atoms with Crippen LogP contribution in [0.25, 0.3) is 0 Å². The highest BCUT2D eigenvalue weighted by Crippen LogP contribution is 2.02. The number of carbonyl (C=O) groups is 1. The number of nitrogens with zero attached hydrogens (tertiary/aromatic N) is 2. The van der Waals surface area contributed by atoms with Crippen molar-refractivity contribution in [2.75, 3.05) is 20.1 Å². The van der Waals surface area contributed by atoms with Gasteiger partial charge in [0.25, 0.3) is 0 Å². The van der Waals surface area contributed by atoms with Gasteiger partial charge >= 0.3 is 0 Å². The number of Topliss-reactive ketones (excluding diaryl/α,β-unsaturated/α-hetero) is 1. The van der Waals surface area contributed by atoms with Gasteiger partial charge in [0, 0.05) is 19.8 Å². The molecule has 0 aliphatic rings. The molecule has 0 aromatic carbocycles. The zero-order valence-electron chi connectivity index (χ0n) is 9.47. The second-order valence-corrected chi connectivity index (χ2v) is 3.97. The van der Waals surface area contributed by atoms with Gasteiger partial charge in [0.15, 0.2) is 5.78 Å². The fourth-order valence-electron chi connectivity index (χ4n) is 1.59. The van der Waals surface area contributed by atoms with Crippen molar-refractivity contribution < 1.29 is 9.90 Å². The monoisotopic (exact) mass is 210 g/mol. The van der Waals surface area contributed by atoms with E-state index in [1.54, 1.807) is 17.6 Å². The summed E-state index contributed by atoms with van der Waals surface area (Å²) in [5.41, 5.74) is 0.701. The Labute approximate surface area is 90.1 Å². The van der Waals surface area contributed by atoms with Gasteiger partial charge in [-0.2, -0.15) is 0 Å². The molecule has 1 heterocycles. The molecule has 0 aliphatic carbocycles. The van der Waals surface area contributed by atoms with Gasteiger partial charge in [-0.15, -0.1) is 0 Å². The number of hydrogen-bond acceptors (Lipinski definition) is 3. The molecule has 1 unspecified atom stereocenters. The fraction of sp³-hybridized carbons (Fsp3) is 0.545. The van der Waals surface area contributed by atoms with Crippen LogP contribution in [-0.2, 0) is 7.05 Å². The van der Waals surface area contributed by atoms with Crippen LogP contribution < -0.4 is 0 Å². The van der Waals surface area contributed by atoms with E-state index < -0.39 is 6.10 Å². The number of ketones is 1. The van der Waals surface area contributed by atoms with Gasteiger partial charge < -0.3 is 9.67 Å². The average molecular weight is 210 g/mol. The molecule has 84 valence electrons. The minimum Gasteiger partial charge on any atom is -0.392 e. The molecule has 1 atom stereocenters. The highest BCUT2D eigenvalue weighted by molar-refractivity contribution is 5.96. The van der Waals surface area contributed by atoms with Gasteiger partial charge in [-0.3, -0.25) is 9.69 Å². The Morgan fingerprint density at radius 2 is 2.33 bits per heavy atom. The molecule has 0 radical (unpaired) electrons. The van der Waals surface area contributed by atoms with E-state index in [9.17, 15) is 4.79 Å². The first kappa shape index (κ1) is 11.9. The predicted molar refractivity (Wildman–Crippen MR) is 58.9 cm³/mol. The van der Waals surface area contributed by atoms with Crippen LogP contribution in [0.5, 0.6) is 0 Å². The lowest BCUT2D eigenvalue weighted by atomic mass is 10.2. The minimum atomic E-state index is -0.406. The quantitative estimate of drug-likeness (QED) is 0.721. The zero-order chi connectivity index (χ0) is 11.4. The molecule has 1 aromatic rings. The molecule has 15 heavy (non-hydrogen) atoms. The summed E-state index contributed by atoms with van der Waals surface area (Å²) in [6, 6.07) is 3.65. The predicted octanol–water partition coefficient (Wildman–Crippen LogP) is 0.520. The summed E-state index contributed by atoms with van der Waals surface area (Å²) in [6.45, 7) is 2.56.